The van der Waals surface area contributed by atoms with Crippen LogP contribution in [0, 0.1) is 0 Å². The van der Waals surface area contributed by atoms with Gasteiger partial charge in [0.15, 0.2) is 5.69 Å². The van der Waals surface area contributed by atoms with Crippen molar-refractivity contribution in [1.82, 2.24) is 20.0 Å². The lowest BCUT2D eigenvalue weighted by atomic mass is 10.1. The second-order valence-corrected chi connectivity index (χ2v) is 6.63. The van der Waals surface area contributed by atoms with Gasteiger partial charge >= 0.3 is 0 Å². The Morgan fingerprint density at radius 2 is 1.92 bits per heavy atom. The summed E-state index contributed by atoms with van der Waals surface area (Å²) in [6.45, 7) is 2.98. The number of rotatable bonds is 3. The molecule has 7 nitrogen and oxygen atoms in total. The van der Waals surface area contributed by atoms with E-state index in [-0.39, 0.29) is 17.9 Å². The number of piperazine rings is 1. The molecular weight excluding hydrogens is 320 g/mol. The summed E-state index contributed by atoms with van der Waals surface area (Å²) >= 11 is 0. The summed E-state index contributed by atoms with van der Waals surface area (Å²) in [6, 6.07) is 7.61. The molecule has 132 valence electrons. The Morgan fingerprint density at radius 1 is 1.16 bits per heavy atom. The van der Waals surface area contributed by atoms with E-state index in [1.807, 2.05) is 29.2 Å². The molecule has 1 aromatic heterocycles. The molecule has 1 atom stereocenters. The highest BCUT2D eigenvalue weighted by molar-refractivity contribution is 6.04. The van der Waals surface area contributed by atoms with Gasteiger partial charge in [0.1, 0.15) is 0 Å². The molecule has 2 saturated heterocycles. The van der Waals surface area contributed by atoms with Crippen molar-refractivity contribution in [2.75, 3.05) is 32.8 Å². The number of hydrogen-bond donors (Lipinski definition) is 1. The minimum absolute atomic E-state index is 0.0718. The molecule has 0 unspecified atom stereocenters. The molecule has 0 radical (unpaired) electrons. The maximum atomic E-state index is 12.8. The first-order chi connectivity index (χ1) is 12.2. The molecule has 0 aliphatic carbocycles. The summed E-state index contributed by atoms with van der Waals surface area (Å²) in [7, 11) is 0. The number of amides is 2. The van der Waals surface area contributed by atoms with Crippen LogP contribution in [0.2, 0.25) is 0 Å². The van der Waals surface area contributed by atoms with E-state index >= 15 is 0 Å². The summed E-state index contributed by atoms with van der Waals surface area (Å²) in [5.74, 6) is 0.0490. The largest absolute Gasteiger partial charge is 0.378 e. The van der Waals surface area contributed by atoms with Crippen molar-refractivity contribution in [3.63, 3.8) is 0 Å². The summed E-state index contributed by atoms with van der Waals surface area (Å²) in [6.07, 6.45) is 2.54. The monoisotopic (exact) mass is 342 g/mol. The minimum atomic E-state index is -0.0799. The molecule has 2 aliphatic heterocycles. The van der Waals surface area contributed by atoms with Crippen LogP contribution in [0.5, 0.6) is 0 Å². The molecule has 3 heterocycles. The first-order valence-corrected chi connectivity index (χ1v) is 8.84. The number of hydrogen-bond acceptors (Lipinski definition) is 4. The first-order valence-electron chi connectivity index (χ1n) is 8.84. The Labute approximate surface area is 145 Å². The quantitative estimate of drug-likeness (QED) is 0.915. The van der Waals surface area contributed by atoms with E-state index in [2.05, 4.69) is 10.2 Å². The van der Waals surface area contributed by atoms with Crippen LogP contribution in [0.4, 0.5) is 0 Å². The SMILES string of the molecule is O=C(C[C@@H]1CCCO1)N1CCN(C(=O)c2n[nH]c3ccccc23)CC1. The van der Waals surface area contributed by atoms with Crippen molar-refractivity contribution < 1.29 is 14.3 Å². The maximum Gasteiger partial charge on any atom is 0.275 e. The number of ether oxygens (including phenoxy) is 1. The predicted molar refractivity (Wildman–Crippen MR) is 92.2 cm³/mol. The van der Waals surface area contributed by atoms with Crippen LogP contribution < -0.4 is 0 Å². The zero-order chi connectivity index (χ0) is 17.2. The van der Waals surface area contributed by atoms with Crippen LogP contribution in [0.1, 0.15) is 29.8 Å². The fraction of sp³-hybridized carbons (Fsp3) is 0.500. The fourth-order valence-corrected chi connectivity index (χ4v) is 3.56. The molecule has 1 aromatic carbocycles. The maximum absolute atomic E-state index is 12.8. The number of aromatic nitrogens is 2. The van der Waals surface area contributed by atoms with Gasteiger partial charge < -0.3 is 14.5 Å². The lowest BCUT2D eigenvalue weighted by molar-refractivity contribution is -0.134. The molecule has 25 heavy (non-hydrogen) atoms. The van der Waals surface area contributed by atoms with Gasteiger partial charge in [-0.25, -0.2) is 0 Å². The third-order valence-corrected chi connectivity index (χ3v) is 5.02. The van der Waals surface area contributed by atoms with Gasteiger partial charge in [0.25, 0.3) is 5.91 Å². The average molecular weight is 342 g/mol. The standard InChI is InChI=1S/C18H22N4O3/c23-16(12-13-4-3-11-25-13)21-7-9-22(10-8-21)18(24)17-14-5-1-2-6-15(14)19-20-17/h1-2,5-6,13H,3-4,7-12H2,(H,19,20)/t13-/m0/s1. The molecule has 2 aliphatic rings. The molecule has 2 aromatic rings. The number of benzene rings is 1. The number of nitrogens with one attached hydrogen (secondary N) is 1. The van der Waals surface area contributed by atoms with Gasteiger partial charge in [-0.1, -0.05) is 18.2 Å². The summed E-state index contributed by atoms with van der Waals surface area (Å²) < 4.78 is 5.54. The van der Waals surface area contributed by atoms with E-state index in [1.165, 1.54) is 0 Å². The Kier molecular flexibility index (Phi) is 4.40. The lowest BCUT2D eigenvalue weighted by Crippen LogP contribution is -2.51. The van der Waals surface area contributed by atoms with Crippen LogP contribution in [0.25, 0.3) is 10.9 Å². The van der Waals surface area contributed by atoms with Crippen LogP contribution >= 0.6 is 0 Å². The molecule has 0 bridgehead atoms. The smallest absolute Gasteiger partial charge is 0.275 e. The van der Waals surface area contributed by atoms with Crippen molar-refractivity contribution in [3.8, 4) is 0 Å². The third-order valence-electron chi connectivity index (χ3n) is 5.02. The van der Waals surface area contributed by atoms with Crippen molar-refractivity contribution in [3.05, 3.63) is 30.0 Å². The minimum Gasteiger partial charge on any atom is -0.378 e. The van der Waals surface area contributed by atoms with Gasteiger partial charge in [-0.3, -0.25) is 14.7 Å². The Morgan fingerprint density at radius 3 is 2.68 bits per heavy atom. The van der Waals surface area contributed by atoms with Crippen molar-refractivity contribution in [2.24, 2.45) is 0 Å². The Balaban J connectivity index is 1.36. The number of fused-ring (bicyclic) bond motifs is 1. The van der Waals surface area contributed by atoms with Gasteiger partial charge in [0.05, 0.1) is 18.0 Å². The van der Waals surface area contributed by atoms with E-state index in [0.717, 1.165) is 30.4 Å². The molecule has 7 heteroatoms. The zero-order valence-corrected chi connectivity index (χ0v) is 14.1. The normalized spacial score (nSPS) is 21.0. The van der Waals surface area contributed by atoms with E-state index < -0.39 is 0 Å². The molecule has 1 N–H and O–H groups in total. The second kappa shape index (κ2) is 6.84. The number of nitrogens with zero attached hydrogens (tertiary/aromatic N) is 3. The highest BCUT2D eigenvalue weighted by atomic mass is 16.5. The predicted octanol–water partition coefficient (Wildman–Crippen LogP) is 1.42. The van der Waals surface area contributed by atoms with Gasteiger partial charge in [-0.2, -0.15) is 5.10 Å². The van der Waals surface area contributed by atoms with Gasteiger partial charge in [-0.05, 0) is 18.9 Å². The van der Waals surface area contributed by atoms with Crippen molar-refractivity contribution in [2.45, 2.75) is 25.4 Å². The van der Waals surface area contributed by atoms with E-state index in [0.29, 0.717) is 38.3 Å². The fourth-order valence-electron chi connectivity index (χ4n) is 3.56. The molecular formula is C18H22N4O3. The summed E-state index contributed by atoms with van der Waals surface area (Å²) in [5, 5.41) is 7.92. The molecule has 2 amide bonds. The molecule has 4 rings (SSSR count). The Bertz CT molecular complexity index is 773. The second-order valence-electron chi connectivity index (χ2n) is 6.63. The number of H-pyrrole nitrogens is 1. The third kappa shape index (κ3) is 3.24. The van der Waals surface area contributed by atoms with E-state index in [9.17, 15) is 9.59 Å². The summed E-state index contributed by atoms with van der Waals surface area (Å²) in [5.41, 5.74) is 1.31. The molecule has 2 fully saturated rings. The van der Waals surface area contributed by atoms with E-state index in [4.69, 9.17) is 4.74 Å². The number of aromatic amines is 1. The first kappa shape index (κ1) is 16.1. The summed E-state index contributed by atoms with van der Waals surface area (Å²) in [4.78, 5) is 28.7. The van der Waals surface area contributed by atoms with Crippen LogP contribution in [0.15, 0.2) is 24.3 Å². The van der Waals surface area contributed by atoms with Crippen molar-refractivity contribution >= 4 is 22.7 Å². The lowest BCUT2D eigenvalue weighted by Gasteiger charge is -2.34. The average Bonchev–Trinajstić information content (AvgIpc) is 3.31. The van der Waals surface area contributed by atoms with Gasteiger partial charge in [0, 0.05) is 38.2 Å². The number of carbonyl (C=O) groups excluding carboxylic acids is 2. The van der Waals surface area contributed by atoms with Gasteiger partial charge in [0.2, 0.25) is 5.91 Å². The molecule has 0 spiro atoms. The topological polar surface area (TPSA) is 78.5 Å². The molecule has 0 saturated carbocycles. The van der Waals surface area contributed by atoms with Crippen molar-refractivity contribution in [1.29, 1.82) is 0 Å². The van der Waals surface area contributed by atoms with Crippen LogP contribution in [-0.4, -0.2) is 70.7 Å². The van der Waals surface area contributed by atoms with Crippen LogP contribution in [-0.2, 0) is 9.53 Å². The Hall–Kier alpha value is -2.41. The zero-order valence-electron chi connectivity index (χ0n) is 14.1. The number of para-hydroxylation sites is 1. The van der Waals surface area contributed by atoms with Crippen LogP contribution in [0.3, 0.4) is 0 Å². The number of carbonyl (C=O) groups is 2. The highest BCUT2D eigenvalue weighted by Gasteiger charge is 2.28. The highest BCUT2D eigenvalue weighted by Crippen LogP contribution is 2.19. The van der Waals surface area contributed by atoms with E-state index in [1.54, 1.807) is 4.90 Å². The van der Waals surface area contributed by atoms with Gasteiger partial charge in [-0.15, -0.1) is 0 Å².